The molecule has 0 bridgehead atoms. The first-order chi connectivity index (χ1) is 12.5. The predicted molar refractivity (Wildman–Crippen MR) is 65.3 cm³/mol. The number of hydrogen-bond acceptors (Lipinski definition) is 0. The smallest absolute Gasteiger partial charge is 0.228 e. The van der Waals surface area contributed by atoms with Crippen LogP contribution in [0.1, 0.15) is 29.7 Å². The lowest BCUT2D eigenvalue weighted by molar-refractivity contribution is -0.361. The molecule has 0 aliphatic heterocycles. The van der Waals surface area contributed by atoms with Crippen molar-refractivity contribution in [1.29, 1.82) is 0 Å². The van der Waals surface area contributed by atoms with Crippen LogP contribution in [0.15, 0.2) is 18.2 Å². The Hall–Kier alpha value is -1.80. The van der Waals surface area contributed by atoms with Crippen LogP contribution in [0.3, 0.4) is 0 Å². The Morgan fingerprint density at radius 3 is 1.38 bits per heavy atom. The van der Waals surface area contributed by atoms with E-state index in [9.17, 15) is 66.6 Å². The van der Waals surface area contributed by atoms with Crippen molar-refractivity contribution in [1.82, 2.24) is 0 Å². The molecule has 0 aliphatic carbocycles. The average Bonchev–Trinajstić information content (AvgIpc) is 2.51. The molecule has 167 valence electrons. The Morgan fingerprint density at radius 2 is 1.03 bits per heavy atom. The molecule has 1 nitrogen and oxygen atoms in total. The summed E-state index contributed by atoms with van der Waals surface area (Å²) in [6.07, 6.45) is -16.5. The third kappa shape index (κ3) is 3.84. The fraction of sp³-hybridized carbons (Fsp3) is 0.571. The zero-order chi connectivity index (χ0) is 23.4. The Morgan fingerprint density at radius 1 is 0.655 bits per heavy atom. The molecule has 0 spiro atoms. The minimum absolute atomic E-state index is 0.247. The van der Waals surface area contributed by atoms with Gasteiger partial charge in [-0.25, -0.2) is 5.11 Å². The molecule has 0 fully saturated rings. The molecule has 15 heteroatoms. The number of alkyl halides is 14. The lowest BCUT2D eigenvalue weighted by atomic mass is 9.89. The van der Waals surface area contributed by atoms with Crippen LogP contribution < -0.4 is 0 Å². The molecule has 0 amide bonds. The molecule has 0 saturated carbocycles. The van der Waals surface area contributed by atoms with Gasteiger partial charge in [-0.1, -0.05) is 12.1 Å². The summed E-state index contributed by atoms with van der Waals surface area (Å²) < 4.78 is 181. The van der Waals surface area contributed by atoms with E-state index in [1.165, 1.54) is 0 Å². The van der Waals surface area contributed by atoms with Gasteiger partial charge < -0.3 is 0 Å². The molecule has 1 aromatic carbocycles. The maximum atomic E-state index is 13.9. The summed E-state index contributed by atoms with van der Waals surface area (Å²) in [4.78, 5) is 0. The highest BCUT2D eigenvalue weighted by Gasteiger charge is 2.75. The van der Waals surface area contributed by atoms with E-state index in [1.807, 2.05) is 0 Å². The van der Waals surface area contributed by atoms with E-state index in [2.05, 4.69) is 0 Å². The van der Waals surface area contributed by atoms with Crippen LogP contribution >= 0.6 is 0 Å². The first-order valence-corrected chi connectivity index (χ1v) is 6.99. The van der Waals surface area contributed by atoms with Crippen molar-refractivity contribution in [2.75, 3.05) is 0 Å². The SMILES string of the molecule is CC([O])c1ccc(C(F)(F)C(F)(F)C(F)(F)F)cc1C(F)(F)C(F)(F)C(F)(F)F. The number of rotatable bonds is 5. The van der Waals surface area contributed by atoms with Crippen molar-refractivity contribution in [2.24, 2.45) is 0 Å². The van der Waals surface area contributed by atoms with Crippen LogP contribution in [0.5, 0.6) is 0 Å². The Labute approximate surface area is 151 Å². The molecule has 0 saturated heterocycles. The zero-order valence-corrected chi connectivity index (χ0v) is 13.5. The van der Waals surface area contributed by atoms with Crippen LogP contribution in [0.2, 0.25) is 0 Å². The summed E-state index contributed by atoms with van der Waals surface area (Å²) in [5.41, 5.74) is -7.07. The fourth-order valence-electron chi connectivity index (χ4n) is 2.08. The molecule has 1 radical (unpaired) electrons. The van der Waals surface area contributed by atoms with Crippen LogP contribution in [0.4, 0.5) is 61.5 Å². The molecule has 1 atom stereocenters. The minimum Gasteiger partial charge on any atom is -0.228 e. The number of halogens is 14. The molecule has 29 heavy (non-hydrogen) atoms. The topological polar surface area (TPSA) is 19.9 Å². The van der Waals surface area contributed by atoms with Gasteiger partial charge in [-0.3, -0.25) is 0 Å². The quantitative estimate of drug-likeness (QED) is 0.436. The largest absolute Gasteiger partial charge is 0.460 e. The predicted octanol–water partition coefficient (Wildman–Crippen LogP) is 6.76. The molecule has 0 N–H and O–H groups in total. The molecular formula is C14H7F14O. The summed E-state index contributed by atoms with van der Waals surface area (Å²) in [7, 11) is 0. The third-order valence-electron chi connectivity index (χ3n) is 3.69. The van der Waals surface area contributed by atoms with Crippen molar-refractivity contribution >= 4 is 0 Å². The molecule has 0 aromatic heterocycles. The molecule has 0 aliphatic rings. The van der Waals surface area contributed by atoms with E-state index in [4.69, 9.17) is 0 Å². The van der Waals surface area contributed by atoms with E-state index in [0.717, 1.165) is 0 Å². The summed E-state index contributed by atoms with van der Waals surface area (Å²) in [5.74, 6) is -26.7. The van der Waals surface area contributed by atoms with Gasteiger partial charge in [-0.05, 0) is 18.6 Å². The lowest BCUT2D eigenvalue weighted by Gasteiger charge is -2.32. The Balaban J connectivity index is 3.83. The fourth-order valence-corrected chi connectivity index (χ4v) is 2.08. The summed E-state index contributed by atoms with van der Waals surface area (Å²) in [6, 6.07) is -1.72. The monoisotopic (exact) mass is 457 g/mol. The highest BCUT2D eigenvalue weighted by Crippen LogP contribution is 2.56. The summed E-state index contributed by atoms with van der Waals surface area (Å²) in [5, 5.41) is 11.3. The van der Waals surface area contributed by atoms with Gasteiger partial charge in [-0.2, -0.15) is 61.5 Å². The third-order valence-corrected chi connectivity index (χ3v) is 3.69. The molecule has 1 unspecified atom stereocenters. The Kier molecular flexibility index (Phi) is 5.98. The second kappa shape index (κ2) is 6.87. The minimum atomic E-state index is -6.99. The van der Waals surface area contributed by atoms with Crippen LogP contribution in [-0.4, -0.2) is 24.2 Å². The van der Waals surface area contributed by atoms with Crippen LogP contribution in [-0.2, 0) is 17.0 Å². The highest BCUT2D eigenvalue weighted by molar-refractivity contribution is 5.40. The van der Waals surface area contributed by atoms with E-state index >= 15 is 0 Å². The second-order valence-electron chi connectivity index (χ2n) is 5.74. The standard InChI is InChI=1S/C14H7F14O/c1-5(29)7-3-2-6(9(15,16)11(19,20)13(23,24)25)4-8(7)10(17,18)12(21,22)14(26,27)28/h2-5H,1H3. The van der Waals surface area contributed by atoms with Gasteiger partial charge in [0, 0.05) is 11.1 Å². The lowest BCUT2D eigenvalue weighted by Crippen LogP contribution is -2.51. The highest BCUT2D eigenvalue weighted by atomic mass is 19.4. The van der Waals surface area contributed by atoms with Crippen molar-refractivity contribution < 1.29 is 66.6 Å². The summed E-state index contributed by atoms with van der Waals surface area (Å²) in [6.45, 7) is 0.406. The van der Waals surface area contributed by atoms with E-state index in [-0.39, 0.29) is 12.1 Å². The first-order valence-electron chi connectivity index (χ1n) is 6.99. The van der Waals surface area contributed by atoms with E-state index in [1.54, 1.807) is 0 Å². The van der Waals surface area contributed by atoms with Gasteiger partial charge in [0.05, 0.1) is 0 Å². The molecule has 1 rings (SSSR count). The van der Waals surface area contributed by atoms with E-state index < -0.39 is 64.9 Å². The second-order valence-corrected chi connectivity index (χ2v) is 5.74. The number of benzene rings is 1. The van der Waals surface area contributed by atoms with E-state index in [0.29, 0.717) is 6.92 Å². The molecule has 1 aromatic rings. The van der Waals surface area contributed by atoms with Crippen molar-refractivity contribution in [3.05, 3.63) is 34.9 Å². The average molecular weight is 457 g/mol. The summed E-state index contributed by atoms with van der Waals surface area (Å²) >= 11 is 0. The zero-order valence-electron chi connectivity index (χ0n) is 13.5. The van der Waals surface area contributed by atoms with Crippen molar-refractivity contribution in [2.45, 2.75) is 49.1 Å². The Bertz CT molecular complexity index is 744. The van der Waals surface area contributed by atoms with Gasteiger partial charge in [0.1, 0.15) is 6.10 Å². The van der Waals surface area contributed by atoms with Gasteiger partial charge in [0.25, 0.3) is 0 Å². The maximum absolute atomic E-state index is 13.9. The first kappa shape index (κ1) is 25.2. The molecular weight excluding hydrogens is 450 g/mol. The van der Waals surface area contributed by atoms with Crippen LogP contribution in [0.25, 0.3) is 0 Å². The van der Waals surface area contributed by atoms with Gasteiger partial charge in [-0.15, -0.1) is 0 Å². The maximum Gasteiger partial charge on any atom is 0.460 e. The van der Waals surface area contributed by atoms with Crippen LogP contribution in [0, 0.1) is 0 Å². The van der Waals surface area contributed by atoms with Crippen molar-refractivity contribution in [3.63, 3.8) is 0 Å². The molecule has 0 heterocycles. The van der Waals surface area contributed by atoms with Gasteiger partial charge in [0.15, 0.2) is 0 Å². The van der Waals surface area contributed by atoms with Gasteiger partial charge >= 0.3 is 36.0 Å². The van der Waals surface area contributed by atoms with Crippen molar-refractivity contribution in [3.8, 4) is 0 Å². The van der Waals surface area contributed by atoms with Gasteiger partial charge in [0.2, 0.25) is 0 Å². The number of hydrogen-bond donors (Lipinski definition) is 0. The normalized spacial score (nSPS) is 16.1.